The van der Waals surface area contributed by atoms with Gasteiger partial charge in [0, 0.05) is 12.8 Å². The zero-order chi connectivity index (χ0) is 20.5. The molecule has 1 atom stereocenters. The minimum Gasteiger partial charge on any atom is -0.376 e. The Balaban J connectivity index is 1.61. The largest absolute Gasteiger partial charge is 0.376 e. The van der Waals surface area contributed by atoms with E-state index in [1.807, 2.05) is 48.5 Å². The lowest BCUT2D eigenvalue weighted by atomic mass is 9.99. The molecule has 4 aromatic rings. The van der Waals surface area contributed by atoms with E-state index in [1.165, 1.54) is 4.57 Å². The maximum absolute atomic E-state index is 12.7. The Hall–Kier alpha value is -3.51. The molecule has 0 amide bonds. The van der Waals surface area contributed by atoms with Crippen molar-refractivity contribution in [1.82, 2.24) is 14.5 Å². The molecule has 1 N–H and O–H groups in total. The van der Waals surface area contributed by atoms with E-state index in [2.05, 4.69) is 22.1 Å². The number of aromatic amines is 1. The van der Waals surface area contributed by atoms with Gasteiger partial charge in [-0.1, -0.05) is 54.6 Å². The zero-order valence-corrected chi connectivity index (χ0v) is 16.4. The van der Waals surface area contributed by atoms with Crippen LogP contribution in [0, 0.1) is 0 Å². The Morgan fingerprint density at radius 3 is 2.43 bits per heavy atom. The summed E-state index contributed by atoms with van der Waals surface area (Å²) in [6.45, 7) is 1.09. The fourth-order valence-electron chi connectivity index (χ4n) is 4.08. The van der Waals surface area contributed by atoms with Crippen molar-refractivity contribution in [2.75, 3.05) is 6.61 Å². The summed E-state index contributed by atoms with van der Waals surface area (Å²) in [5.74, 6) is 0. The van der Waals surface area contributed by atoms with Gasteiger partial charge in [-0.3, -0.25) is 14.3 Å². The number of hydrogen-bond donors (Lipinski definition) is 1. The summed E-state index contributed by atoms with van der Waals surface area (Å²) in [6, 6.07) is 20.0. The van der Waals surface area contributed by atoms with E-state index in [4.69, 9.17) is 4.74 Å². The monoisotopic (exact) mass is 399 g/mol. The quantitative estimate of drug-likeness (QED) is 0.569. The van der Waals surface area contributed by atoms with Gasteiger partial charge in [0.2, 0.25) is 0 Å². The molecule has 3 heterocycles. The molecule has 150 valence electrons. The first-order valence-electron chi connectivity index (χ1n) is 10.1. The average Bonchev–Trinajstić information content (AvgIpc) is 3.30. The predicted octanol–water partition coefficient (Wildman–Crippen LogP) is 3.60. The minimum absolute atomic E-state index is 0.0348. The van der Waals surface area contributed by atoms with Crippen LogP contribution in [-0.2, 0) is 11.3 Å². The number of rotatable bonds is 4. The van der Waals surface area contributed by atoms with E-state index in [-0.39, 0.29) is 6.10 Å². The highest BCUT2D eigenvalue weighted by molar-refractivity contribution is 5.92. The average molecular weight is 399 g/mol. The topological polar surface area (TPSA) is 77.0 Å². The number of hydrogen-bond acceptors (Lipinski definition) is 4. The third-order valence-electron chi connectivity index (χ3n) is 5.59. The highest BCUT2D eigenvalue weighted by Gasteiger charge is 2.20. The normalized spacial score (nSPS) is 16.2. The summed E-state index contributed by atoms with van der Waals surface area (Å²) in [4.78, 5) is 32.1. The first kappa shape index (κ1) is 18.5. The van der Waals surface area contributed by atoms with Gasteiger partial charge in [0.15, 0.2) is 0 Å². The Labute approximate surface area is 172 Å². The predicted molar refractivity (Wildman–Crippen MR) is 116 cm³/mol. The van der Waals surface area contributed by atoms with Gasteiger partial charge in [-0.15, -0.1) is 0 Å². The molecular weight excluding hydrogens is 378 g/mol. The van der Waals surface area contributed by atoms with Gasteiger partial charge in [-0.2, -0.15) is 0 Å². The Kier molecular flexibility index (Phi) is 4.77. The Morgan fingerprint density at radius 2 is 1.70 bits per heavy atom. The molecule has 2 aromatic heterocycles. The van der Waals surface area contributed by atoms with Gasteiger partial charge < -0.3 is 4.74 Å². The summed E-state index contributed by atoms with van der Waals surface area (Å²) in [5.41, 5.74) is 3.40. The molecule has 6 nitrogen and oxygen atoms in total. The van der Waals surface area contributed by atoms with Gasteiger partial charge in [0.25, 0.3) is 5.56 Å². The molecule has 1 fully saturated rings. The second kappa shape index (κ2) is 7.72. The molecule has 30 heavy (non-hydrogen) atoms. The molecular formula is C24H21N3O3. The summed E-state index contributed by atoms with van der Waals surface area (Å²) in [7, 11) is 0. The molecule has 0 saturated carbocycles. The fraction of sp³-hybridized carbons (Fsp3) is 0.208. The highest BCUT2D eigenvalue weighted by Crippen LogP contribution is 2.28. The van der Waals surface area contributed by atoms with E-state index < -0.39 is 11.2 Å². The number of ether oxygens (including phenoxy) is 1. The lowest BCUT2D eigenvalue weighted by Crippen LogP contribution is -2.34. The molecule has 6 heteroatoms. The standard InChI is InChI=1S/C24H21N3O3/c28-23-21-20(18-10-8-17(9-11-18)16-5-2-1-3-6-16)12-13-25-22(21)27(24(29)26-23)15-19-7-4-14-30-19/h1-3,5-6,8-13,19H,4,7,14-15H2,(H,26,28,29)/t19-/m1/s1. The van der Waals surface area contributed by atoms with Crippen LogP contribution >= 0.6 is 0 Å². The van der Waals surface area contributed by atoms with Crippen molar-refractivity contribution in [1.29, 1.82) is 0 Å². The van der Waals surface area contributed by atoms with E-state index in [1.54, 1.807) is 6.20 Å². The molecule has 1 aliphatic heterocycles. The van der Waals surface area contributed by atoms with Crippen LogP contribution in [0.25, 0.3) is 33.3 Å². The number of H-pyrrole nitrogens is 1. The molecule has 2 aromatic carbocycles. The van der Waals surface area contributed by atoms with Crippen LogP contribution < -0.4 is 11.2 Å². The molecule has 0 aliphatic carbocycles. The van der Waals surface area contributed by atoms with Crippen LogP contribution in [0.1, 0.15) is 12.8 Å². The van der Waals surface area contributed by atoms with Crippen molar-refractivity contribution in [2.24, 2.45) is 0 Å². The third kappa shape index (κ3) is 3.35. The molecule has 1 saturated heterocycles. The molecule has 0 bridgehead atoms. The van der Waals surface area contributed by atoms with Crippen LogP contribution in [0.3, 0.4) is 0 Å². The molecule has 0 spiro atoms. The maximum atomic E-state index is 12.7. The molecule has 0 radical (unpaired) electrons. The molecule has 1 aliphatic rings. The van der Waals surface area contributed by atoms with E-state index in [0.717, 1.165) is 35.1 Å². The van der Waals surface area contributed by atoms with Crippen molar-refractivity contribution in [2.45, 2.75) is 25.5 Å². The number of fused-ring (bicyclic) bond motifs is 1. The van der Waals surface area contributed by atoms with E-state index in [9.17, 15) is 9.59 Å². The Morgan fingerprint density at radius 1 is 0.967 bits per heavy atom. The van der Waals surface area contributed by atoms with E-state index >= 15 is 0 Å². The lowest BCUT2D eigenvalue weighted by Gasteiger charge is -2.14. The minimum atomic E-state index is -0.452. The van der Waals surface area contributed by atoms with Crippen LogP contribution in [0.5, 0.6) is 0 Å². The van der Waals surface area contributed by atoms with Crippen molar-refractivity contribution >= 4 is 11.0 Å². The van der Waals surface area contributed by atoms with Crippen molar-refractivity contribution in [3.8, 4) is 22.3 Å². The smallest absolute Gasteiger partial charge is 0.330 e. The first-order chi connectivity index (χ1) is 14.7. The van der Waals surface area contributed by atoms with Gasteiger partial charge in [0.05, 0.1) is 18.0 Å². The number of pyridine rings is 1. The van der Waals surface area contributed by atoms with Crippen LogP contribution in [-0.4, -0.2) is 27.2 Å². The van der Waals surface area contributed by atoms with Gasteiger partial charge >= 0.3 is 5.69 Å². The number of aromatic nitrogens is 3. The van der Waals surface area contributed by atoms with Crippen molar-refractivity contribution in [3.05, 3.63) is 87.7 Å². The highest BCUT2D eigenvalue weighted by atomic mass is 16.5. The fourth-order valence-corrected chi connectivity index (χ4v) is 4.08. The zero-order valence-electron chi connectivity index (χ0n) is 16.4. The van der Waals surface area contributed by atoms with Gasteiger partial charge in [-0.05, 0) is 41.2 Å². The molecule has 5 rings (SSSR count). The third-order valence-corrected chi connectivity index (χ3v) is 5.59. The van der Waals surface area contributed by atoms with Gasteiger partial charge in [-0.25, -0.2) is 9.78 Å². The SMILES string of the molecule is O=c1[nH]c(=O)n(C[C@H]2CCCO2)c2nccc(-c3ccc(-c4ccccc4)cc3)c12. The summed E-state index contributed by atoms with van der Waals surface area (Å²) < 4.78 is 7.20. The first-order valence-corrected chi connectivity index (χ1v) is 10.1. The second-order valence-electron chi connectivity index (χ2n) is 7.51. The second-order valence-corrected chi connectivity index (χ2v) is 7.51. The lowest BCUT2D eigenvalue weighted by molar-refractivity contribution is 0.0967. The van der Waals surface area contributed by atoms with Crippen molar-refractivity contribution in [3.63, 3.8) is 0 Å². The number of benzene rings is 2. The van der Waals surface area contributed by atoms with Crippen LogP contribution in [0.4, 0.5) is 0 Å². The van der Waals surface area contributed by atoms with Gasteiger partial charge in [0.1, 0.15) is 5.65 Å². The van der Waals surface area contributed by atoms with Crippen molar-refractivity contribution < 1.29 is 4.74 Å². The summed E-state index contributed by atoms with van der Waals surface area (Å²) in [5, 5.41) is 0.419. The molecule has 0 unspecified atom stereocenters. The van der Waals surface area contributed by atoms with Crippen LogP contribution in [0.15, 0.2) is 76.4 Å². The summed E-state index contributed by atoms with van der Waals surface area (Å²) >= 11 is 0. The number of nitrogens with one attached hydrogen (secondary N) is 1. The Bertz CT molecular complexity index is 1300. The van der Waals surface area contributed by atoms with Crippen LogP contribution in [0.2, 0.25) is 0 Å². The maximum Gasteiger partial charge on any atom is 0.330 e. The summed E-state index contributed by atoms with van der Waals surface area (Å²) in [6.07, 6.45) is 3.49. The number of nitrogens with zero attached hydrogens (tertiary/aromatic N) is 2. The van der Waals surface area contributed by atoms with E-state index in [0.29, 0.717) is 24.2 Å².